The first kappa shape index (κ1) is 31.2. The Balaban J connectivity index is 1.32. The van der Waals surface area contributed by atoms with Gasteiger partial charge in [-0.1, -0.05) is 156 Å². The van der Waals surface area contributed by atoms with Gasteiger partial charge in [0.15, 0.2) is 5.65 Å². The van der Waals surface area contributed by atoms with Crippen LogP contribution in [0.3, 0.4) is 0 Å². The number of benzene rings is 6. The number of halogens is 1. The number of rotatable bonds is 8. The van der Waals surface area contributed by atoms with Crippen molar-refractivity contribution >= 4 is 83.5 Å². The third-order valence-corrected chi connectivity index (χ3v) is 12.0. The van der Waals surface area contributed by atoms with Crippen LogP contribution in [0.5, 0.6) is 0 Å². The summed E-state index contributed by atoms with van der Waals surface area (Å²) in [7, 11) is 0. The van der Waals surface area contributed by atoms with Crippen molar-refractivity contribution in [2.24, 2.45) is 0 Å². The number of imidazole rings is 1. The molecule has 0 aliphatic carbocycles. The van der Waals surface area contributed by atoms with Crippen LogP contribution >= 0.6 is 22.6 Å². The molecule has 11 aromatic rings. The first-order valence-electron chi connectivity index (χ1n) is 18.1. The van der Waals surface area contributed by atoms with Crippen molar-refractivity contribution in [3.05, 3.63) is 199 Å². The van der Waals surface area contributed by atoms with Gasteiger partial charge in [-0.2, -0.15) is 0 Å². The van der Waals surface area contributed by atoms with Gasteiger partial charge in [-0.05, 0) is 47.5 Å². The molecule has 11 rings (SSSR count). The molecule has 5 heterocycles. The summed E-state index contributed by atoms with van der Waals surface area (Å²) in [5.74, 6) is 0.713. The molecule has 258 valence electrons. The number of hydrogen-bond donors (Lipinski definition) is 1. The normalized spacial score (nSPS) is 12.3. The molecule has 0 amide bonds. The van der Waals surface area contributed by atoms with Gasteiger partial charge in [-0.3, -0.25) is 13.4 Å². The molecule has 7 heteroatoms. The zero-order chi connectivity index (χ0) is 36.0. The van der Waals surface area contributed by atoms with Crippen LogP contribution in [0.1, 0.15) is 22.5 Å². The van der Waals surface area contributed by atoms with E-state index in [1.807, 2.05) is 6.33 Å². The fraction of sp³-hybridized carbons (Fsp3) is 0.0426. The van der Waals surface area contributed by atoms with Gasteiger partial charge >= 0.3 is 0 Å². The maximum Gasteiger partial charge on any atom is 0.164 e. The molecule has 0 atom stereocenters. The van der Waals surface area contributed by atoms with Crippen molar-refractivity contribution in [3.63, 3.8) is 0 Å². The molecular formula is C47H33IN6. The number of hydrogen-bond acceptors (Lipinski definition) is 3. The summed E-state index contributed by atoms with van der Waals surface area (Å²) in [5.41, 5.74) is 18.7. The van der Waals surface area contributed by atoms with Crippen molar-refractivity contribution in [1.29, 1.82) is 0 Å². The number of fused-ring (bicyclic) bond motifs is 3. The molecule has 2 N–H and O–H groups in total. The van der Waals surface area contributed by atoms with Crippen LogP contribution in [0.4, 0.5) is 17.2 Å². The molecule has 0 bridgehead atoms. The highest BCUT2D eigenvalue weighted by atomic mass is 127. The Bertz CT molecular complexity index is 3050. The Hall–Kier alpha value is -6.32. The maximum absolute atomic E-state index is 7.55. The van der Waals surface area contributed by atoms with Crippen molar-refractivity contribution in [2.75, 3.05) is 15.2 Å². The Labute approximate surface area is 325 Å². The van der Waals surface area contributed by atoms with Crippen LogP contribution < -0.4 is 10.6 Å². The summed E-state index contributed by atoms with van der Waals surface area (Å²) in [5, 5.41) is 4.60. The quantitative estimate of drug-likeness (QED) is 0.0945. The van der Waals surface area contributed by atoms with E-state index in [1.165, 1.54) is 10.8 Å². The average molecular weight is 809 g/mol. The minimum absolute atomic E-state index is 0.713. The minimum Gasteiger partial charge on any atom is -0.383 e. The molecule has 0 unspecified atom stereocenters. The molecule has 0 saturated carbocycles. The predicted octanol–water partition coefficient (Wildman–Crippen LogP) is 11.2. The van der Waals surface area contributed by atoms with E-state index in [0.717, 1.165) is 77.1 Å². The summed E-state index contributed by atoms with van der Waals surface area (Å²) in [6.07, 6.45) is 1.96. The van der Waals surface area contributed by atoms with Crippen LogP contribution in [-0.4, -0.2) is 22.9 Å². The topological polar surface area (TPSA) is 55.9 Å². The van der Waals surface area contributed by atoms with Gasteiger partial charge in [0, 0.05) is 44.3 Å². The van der Waals surface area contributed by atoms with Crippen LogP contribution in [0.15, 0.2) is 176 Å². The van der Waals surface area contributed by atoms with E-state index in [0.29, 0.717) is 5.82 Å². The lowest BCUT2D eigenvalue weighted by Crippen LogP contribution is -2.34. The Morgan fingerprint density at radius 1 is 0.574 bits per heavy atom. The number of aromatic nitrogens is 4. The zero-order valence-electron chi connectivity index (χ0n) is 29.1. The lowest BCUT2D eigenvalue weighted by Gasteiger charge is -2.35. The van der Waals surface area contributed by atoms with Gasteiger partial charge < -0.3 is 10.6 Å². The van der Waals surface area contributed by atoms with Crippen molar-refractivity contribution in [1.82, 2.24) is 18.4 Å². The highest BCUT2D eigenvalue weighted by Crippen LogP contribution is 2.53. The Morgan fingerprint density at radius 2 is 1.11 bits per heavy atom. The Kier molecular flexibility index (Phi) is 6.85. The summed E-state index contributed by atoms with van der Waals surface area (Å²) < 4.78 is 7.72. The molecule has 5 aromatic heterocycles. The lowest BCUT2D eigenvalue weighted by atomic mass is 9.69. The number of para-hydroxylation sites is 4. The largest absolute Gasteiger partial charge is 0.383 e. The average Bonchev–Trinajstić information content (AvgIpc) is 4.05. The molecule has 54 heavy (non-hydrogen) atoms. The second-order valence-corrected chi connectivity index (χ2v) is 14.6. The van der Waals surface area contributed by atoms with Gasteiger partial charge in [0.1, 0.15) is 17.6 Å². The number of anilines is 3. The fourth-order valence-corrected chi connectivity index (χ4v) is 9.86. The second kappa shape index (κ2) is 11.8. The SMILES string of the molecule is Nc1c(N(CI)c2ccccc2)c2cccc3cc(C(c4ccccc4)(c4ccccc4)c4cc5cccc6c7c(ncn7-c7ccccc7)n4c56)n1c32. The smallest absolute Gasteiger partial charge is 0.164 e. The summed E-state index contributed by atoms with van der Waals surface area (Å²) in [4.78, 5) is 7.54. The maximum atomic E-state index is 7.55. The van der Waals surface area contributed by atoms with Gasteiger partial charge in [0.2, 0.25) is 0 Å². The third-order valence-electron chi connectivity index (χ3n) is 11.3. The minimum atomic E-state index is -0.824. The predicted molar refractivity (Wildman–Crippen MR) is 231 cm³/mol. The lowest BCUT2D eigenvalue weighted by molar-refractivity contribution is 0.680. The molecular weight excluding hydrogens is 775 g/mol. The number of nitrogen functional groups attached to an aromatic ring is 1. The molecule has 0 radical (unpaired) electrons. The summed E-state index contributed by atoms with van der Waals surface area (Å²) in [6, 6.07) is 60.9. The molecule has 0 aliphatic heterocycles. The van der Waals surface area contributed by atoms with E-state index in [4.69, 9.17) is 10.7 Å². The first-order valence-corrected chi connectivity index (χ1v) is 19.7. The molecule has 0 spiro atoms. The van der Waals surface area contributed by atoms with Crippen LogP contribution in [0.25, 0.3) is 49.4 Å². The fourth-order valence-electron chi connectivity index (χ4n) is 9.12. The van der Waals surface area contributed by atoms with E-state index in [2.05, 4.69) is 211 Å². The van der Waals surface area contributed by atoms with Crippen LogP contribution in [0, 0.1) is 0 Å². The van der Waals surface area contributed by atoms with E-state index in [9.17, 15) is 0 Å². The highest BCUT2D eigenvalue weighted by molar-refractivity contribution is 14.1. The number of nitrogens with zero attached hydrogens (tertiary/aromatic N) is 5. The highest BCUT2D eigenvalue weighted by Gasteiger charge is 2.45. The van der Waals surface area contributed by atoms with E-state index < -0.39 is 5.41 Å². The van der Waals surface area contributed by atoms with Crippen molar-refractivity contribution in [3.8, 4) is 5.69 Å². The van der Waals surface area contributed by atoms with Gasteiger partial charge in [0.05, 0.1) is 26.8 Å². The van der Waals surface area contributed by atoms with E-state index in [-0.39, 0.29) is 0 Å². The third kappa shape index (κ3) is 4.13. The molecule has 6 aromatic carbocycles. The summed E-state index contributed by atoms with van der Waals surface area (Å²) >= 11 is 2.45. The molecule has 0 fully saturated rings. The summed E-state index contributed by atoms with van der Waals surface area (Å²) in [6.45, 7) is 0. The van der Waals surface area contributed by atoms with Gasteiger partial charge in [-0.25, -0.2) is 4.98 Å². The first-order chi connectivity index (χ1) is 26.7. The van der Waals surface area contributed by atoms with Crippen LogP contribution in [0.2, 0.25) is 0 Å². The van der Waals surface area contributed by atoms with Crippen LogP contribution in [-0.2, 0) is 5.41 Å². The Morgan fingerprint density at radius 3 is 1.72 bits per heavy atom. The molecule has 0 saturated heterocycles. The monoisotopic (exact) mass is 808 g/mol. The van der Waals surface area contributed by atoms with E-state index >= 15 is 0 Å². The van der Waals surface area contributed by atoms with Crippen molar-refractivity contribution < 1.29 is 0 Å². The second-order valence-electron chi connectivity index (χ2n) is 13.9. The zero-order valence-corrected chi connectivity index (χ0v) is 31.3. The van der Waals surface area contributed by atoms with Gasteiger partial charge in [-0.15, -0.1) is 0 Å². The van der Waals surface area contributed by atoms with Gasteiger partial charge in [0.25, 0.3) is 0 Å². The number of alkyl halides is 1. The number of nitrogens with two attached hydrogens (primary N) is 1. The van der Waals surface area contributed by atoms with E-state index in [1.54, 1.807) is 0 Å². The molecule has 6 nitrogen and oxygen atoms in total. The standard InChI is InChI=1S/C47H33IN6/c48-29-51(35-21-9-3-10-22-35)43-37-25-13-15-31-27-39(53(41(31)37)45(43)49)47(33-17-5-1-6-18-33,34-19-7-2-8-20-34)40-28-32-16-14-26-38-42(32)54(40)46-44(38)52(30-50-46)36-23-11-4-12-24-36/h1-28,30H,29,49H2. The van der Waals surface area contributed by atoms with Crippen molar-refractivity contribution in [2.45, 2.75) is 5.41 Å². The molecule has 0 aliphatic rings.